The van der Waals surface area contributed by atoms with Crippen molar-refractivity contribution in [1.29, 1.82) is 0 Å². The smallest absolute Gasteiger partial charge is 0.350 e. The average molecular weight is 343 g/mol. The molecule has 0 spiro atoms. The lowest BCUT2D eigenvalue weighted by Gasteiger charge is -2.09. The van der Waals surface area contributed by atoms with E-state index in [1.807, 2.05) is 19.9 Å². The zero-order valence-electron chi connectivity index (χ0n) is 14.1. The number of esters is 1. The summed E-state index contributed by atoms with van der Waals surface area (Å²) in [5, 5.41) is 2.20. The van der Waals surface area contributed by atoms with Crippen LogP contribution in [-0.4, -0.2) is 17.6 Å². The van der Waals surface area contributed by atoms with Gasteiger partial charge in [-0.2, -0.15) is 0 Å². The number of aryl methyl sites for hydroxylation is 3. The minimum Gasteiger partial charge on any atom is -0.462 e. The van der Waals surface area contributed by atoms with Gasteiger partial charge in [-0.05, 0) is 62.4 Å². The minimum absolute atomic E-state index is 0.251. The summed E-state index contributed by atoms with van der Waals surface area (Å²) >= 11 is 1.28. The van der Waals surface area contributed by atoms with E-state index >= 15 is 0 Å². The van der Waals surface area contributed by atoms with Crippen molar-refractivity contribution < 1.29 is 13.9 Å². The van der Waals surface area contributed by atoms with E-state index in [-0.39, 0.29) is 11.8 Å². The maximum atomic E-state index is 14.3. The molecule has 0 aliphatic rings. The first-order chi connectivity index (χ1) is 11.4. The molecule has 124 valence electrons. The van der Waals surface area contributed by atoms with Crippen LogP contribution < -0.4 is 0 Å². The quantitative estimate of drug-likeness (QED) is 0.613. The molecule has 1 heterocycles. The summed E-state index contributed by atoms with van der Waals surface area (Å²) in [7, 11) is 0. The Labute approximate surface area is 144 Å². The van der Waals surface area contributed by atoms with Gasteiger partial charge < -0.3 is 4.74 Å². The van der Waals surface area contributed by atoms with Gasteiger partial charge in [0.1, 0.15) is 15.7 Å². The van der Waals surface area contributed by atoms with E-state index in [2.05, 4.69) is 4.98 Å². The summed E-state index contributed by atoms with van der Waals surface area (Å²) in [6.45, 7) is 7.81. The Bertz CT molecular complexity index is 946. The van der Waals surface area contributed by atoms with E-state index in [1.54, 1.807) is 26.0 Å². The third-order valence-electron chi connectivity index (χ3n) is 3.97. The van der Waals surface area contributed by atoms with Gasteiger partial charge >= 0.3 is 5.97 Å². The van der Waals surface area contributed by atoms with Crippen LogP contribution >= 0.6 is 11.3 Å². The maximum absolute atomic E-state index is 14.3. The molecule has 0 bridgehead atoms. The molecule has 3 aromatic rings. The molecule has 0 saturated heterocycles. The SMILES string of the molecule is CCOC(=O)c1sc(-c2cc(C)c3c(C)ccc(F)c3c2)nc1C. The van der Waals surface area contributed by atoms with Gasteiger partial charge in [-0.25, -0.2) is 14.2 Å². The van der Waals surface area contributed by atoms with Crippen molar-refractivity contribution in [2.24, 2.45) is 0 Å². The largest absolute Gasteiger partial charge is 0.462 e. The van der Waals surface area contributed by atoms with Gasteiger partial charge in [0.15, 0.2) is 0 Å². The molecule has 0 aliphatic heterocycles. The van der Waals surface area contributed by atoms with E-state index in [0.717, 1.165) is 22.1 Å². The molecule has 0 N–H and O–H groups in total. The zero-order chi connectivity index (χ0) is 17.4. The molecule has 3 nitrogen and oxygen atoms in total. The number of aromatic nitrogens is 1. The van der Waals surface area contributed by atoms with Crippen LogP contribution in [0.4, 0.5) is 4.39 Å². The van der Waals surface area contributed by atoms with Gasteiger partial charge in [-0.1, -0.05) is 6.07 Å². The van der Waals surface area contributed by atoms with Gasteiger partial charge in [0.05, 0.1) is 12.3 Å². The van der Waals surface area contributed by atoms with Crippen LogP contribution in [0.1, 0.15) is 33.4 Å². The third-order valence-corrected chi connectivity index (χ3v) is 5.16. The molecule has 0 radical (unpaired) electrons. The molecule has 5 heteroatoms. The summed E-state index contributed by atoms with van der Waals surface area (Å²) in [6.07, 6.45) is 0. The number of carbonyl (C=O) groups is 1. The number of hydrogen-bond donors (Lipinski definition) is 0. The van der Waals surface area contributed by atoms with Crippen LogP contribution in [0.15, 0.2) is 24.3 Å². The predicted octanol–water partition coefficient (Wildman–Crippen LogP) is 5.20. The second-order valence-electron chi connectivity index (χ2n) is 5.73. The normalized spacial score (nSPS) is 11.0. The van der Waals surface area contributed by atoms with E-state index < -0.39 is 0 Å². The maximum Gasteiger partial charge on any atom is 0.350 e. The van der Waals surface area contributed by atoms with Gasteiger partial charge in [0.25, 0.3) is 0 Å². The predicted molar refractivity (Wildman–Crippen MR) is 95.2 cm³/mol. The first-order valence-electron chi connectivity index (χ1n) is 7.76. The van der Waals surface area contributed by atoms with Gasteiger partial charge in [-0.15, -0.1) is 11.3 Å². The van der Waals surface area contributed by atoms with Gasteiger partial charge in [0.2, 0.25) is 0 Å². The van der Waals surface area contributed by atoms with Crippen LogP contribution in [0.5, 0.6) is 0 Å². The zero-order valence-corrected chi connectivity index (χ0v) is 14.9. The Hall–Kier alpha value is -2.27. The van der Waals surface area contributed by atoms with E-state index in [0.29, 0.717) is 27.6 Å². The Balaban J connectivity index is 2.16. The second kappa shape index (κ2) is 6.32. The first kappa shape index (κ1) is 16.6. The summed E-state index contributed by atoms with van der Waals surface area (Å²) in [4.78, 5) is 17.0. The lowest BCUT2D eigenvalue weighted by atomic mass is 9.98. The Morgan fingerprint density at radius 2 is 1.96 bits per heavy atom. The summed E-state index contributed by atoms with van der Waals surface area (Å²) < 4.78 is 19.3. The number of benzene rings is 2. The van der Waals surface area contributed by atoms with Crippen molar-refractivity contribution in [2.75, 3.05) is 6.61 Å². The fourth-order valence-electron chi connectivity index (χ4n) is 2.90. The number of halogens is 1. The van der Waals surface area contributed by atoms with Crippen LogP contribution in [0.2, 0.25) is 0 Å². The second-order valence-corrected chi connectivity index (χ2v) is 6.73. The fraction of sp³-hybridized carbons (Fsp3) is 0.263. The number of nitrogens with zero attached hydrogens (tertiary/aromatic N) is 1. The van der Waals surface area contributed by atoms with Gasteiger partial charge in [-0.3, -0.25) is 0 Å². The van der Waals surface area contributed by atoms with E-state index in [4.69, 9.17) is 4.74 Å². The van der Waals surface area contributed by atoms with Crippen LogP contribution in [-0.2, 0) is 4.74 Å². The highest BCUT2D eigenvalue weighted by molar-refractivity contribution is 7.17. The lowest BCUT2D eigenvalue weighted by molar-refractivity contribution is 0.0531. The van der Waals surface area contributed by atoms with Crippen LogP contribution in [0, 0.1) is 26.6 Å². The van der Waals surface area contributed by atoms with Crippen molar-refractivity contribution >= 4 is 28.1 Å². The number of ether oxygens (including phenoxy) is 1. The molecule has 0 unspecified atom stereocenters. The topological polar surface area (TPSA) is 39.2 Å². The van der Waals surface area contributed by atoms with Crippen molar-refractivity contribution in [2.45, 2.75) is 27.7 Å². The molecular formula is C19H18FNO2S. The average Bonchev–Trinajstić information content (AvgIpc) is 2.93. The molecule has 1 aromatic heterocycles. The molecule has 3 rings (SSSR count). The highest BCUT2D eigenvalue weighted by Crippen LogP contribution is 2.34. The van der Waals surface area contributed by atoms with Crippen molar-refractivity contribution in [3.8, 4) is 10.6 Å². The highest BCUT2D eigenvalue weighted by atomic mass is 32.1. The monoisotopic (exact) mass is 343 g/mol. The Kier molecular flexibility index (Phi) is 4.37. The highest BCUT2D eigenvalue weighted by Gasteiger charge is 2.18. The third kappa shape index (κ3) is 2.80. The van der Waals surface area contributed by atoms with Crippen LogP contribution in [0.3, 0.4) is 0 Å². The first-order valence-corrected chi connectivity index (χ1v) is 8.58. The number of fused-ring (bicyclic) bond motifs is 1. The van der Waals surface area contributed by atoms with Crippen molar-refractivity contribution in [3.05, 3.63) is 51.8 Å². The fourth-order valence-corrected chi connectivity index (χ4v) is 3.85. The molecule has 0 saturated carbocycles. The summed E-state index contributed by atoms with van der Waals surface area (Å²) in [6, 6.07) is 7.06. The number of hydrogen-bond acceptors (Lipinski definition) is 4. The molecule has 0 atom stereocenters. The molecule has 0 aliphatic carbocycles. The van der Waals surface area contributed by atoms with Crippen LogP contribution in [0.25, 0.3) is 21.3 Å². The molecular weight excluding hydrogens is 325 g/mol. The molecule has 2 aromatic carbocycles. The van der Waals surface area contributed by atoms with E-state index in [1.165, 1.54) is 17.4 Å². The Morgan fingerprint density at radius 3 is 2.67 bits per heavy atom. The minimum atomic E-state index is -0.363. The standard InChI is InChI=1S/C19H18FNO2S/c1-5-23-19(22)17-12(4)21-18(24-17)13-8-11(3)16-10(2)6-7-15(20)14(16)9-13/h6-9H,5H2,1-4H3. The molecule has 0 fully saturated rings. The van der Waals surface area contributed by atoms with Crippen molar-refractivity contribution in [1.82, 2.24) is 4.98 Å². The number of carbonyl (C=O) groups excluding carboxylic acids is 1. The van der Waals surface area contributed by atoms with Gasteiger partial charge in [0, 0.05) is 10.9 Å². The Morgan fingerprint density at radius 1 is 1.21 bits per heavy atom. The van der Waals surface area contributed by atoms with E-state index in [9.17, 15) is 9.18 Å². The lowest BCUT2D eigenvalue weighted by Crippen LogP contribution is -2.03. The van der Waals surface area contributed by atoms with Crippen molar-refractivity contribution in [3.63, 3.8) is 0 Å². The molecule has 24 heavy (non-hydrogen) atoms. The summed E-state index contributed by atoms with van der Waals surface area (Å²) in [5.74, 6) is -0.613. The summed E-state index contributed by atoms with van der Waals surface area (Å²) in [5.41, 5.74) is 3.48. The number of rotatable bonds is 3. The molecule has 0 amide bonds. The number of thiazole rings is 1.